The molecule has 0 saturated heterocycles. The van der Waals surface area contributed by atoms with Crippen LogP contribution in [0.3, 0.4) is 0 Å². The minimum atomic E-state index is 0.139. The summed E-state index contributed by atoms with van der Waals surface area (Å²) in [4.78, 5) is 4.94. The molecule has 0 aromatic heterocycles. The summed E-state index contributed by atoms with van der Waals surface area (Å²) in [5.41, 5.74) is 0.767. The highest BCUT2D eigenvalue weighted by Gasteiger charge is 2.07. The van der Waals surface area contributed by atoms with Crippen molar-refractivity contribution < 1.29 is 14.3 Å². The SMILES string of the molecule is CCON=C(C)COc1ccc(OC(C)CC)c(Cl)c1. The Balaban J connectivity index is 2.59. The first-order valence-corrected chi connectivity index (χ1v) is 7.19. The summed E-state index contributed by atoms with van der Waals surface area (Å²) in [5, 5.41) is 4.43. The third kappa shape index (κ3) is 5.70. The first-order chi connectivity index (χ1) is 9.56. The van der Waals surface area contributed by atoms with Crippen LogP contribution in [0.4, 0.5) is 0 Å². The largest absolute Gasteiger partial charge is 0.489 e. The Morgan fingerprint density at radius 3 is 2.70 bits per heavy atom. The molecule has 0 fully saturated rings. The molecule has 0 radical (unpaired) electrons. The van der Waals surface area contributed by atoms with Gasteiger partial charge in [-0.2, -0.15) is 0 Å². The molecular weight excluding hydrogens is 278 g/mol. The van der Waals surface area contributed by atoms with Gasteiger partial charge in [0.1, 0.15) is 24.7 Å². The van der Waals surface area contributed by atoms with Gasteiger partial charge in [0.15, 0.2) is 0 Å². The Morgan fingerprint density at radius 1 is 1.35 bits per heavy atom. The van der Waals surface area contributed by atoms with Crippen LogP contribution in [0.1, 0.15) is 34.1 Å². The number of hydrogen-bond donors (Lipinski definition) is 0. The van der Waals surface area contributed by atoms with Crippen LogP contribution in [0.5, 0.6) is 11.5 Å². The molecular formula is C15H22ClNO3. The summed E-state index contributed by atoms with van der Waals surface area (Å²) in [6, 6.07) is 5.39. The maximum absolute atomic E-state index is 6.17. The van der Waals surface area contributed by atoms with Gasteiger partial charge in [0, 0.05) is 6.07 Å². The molecule has 0 bridgehead atoms. The number of oxime groups is 1. The highest BCUT2D eigenvalue weighted by atomic mass is 35.5. The van der Waals surface area contributed by atoms with Gasteiger partial charge in [-0.3, -0.25) is 0 Å². The van der Waals surface area contributed by atoms with Gasteiger partial charge in [0.25, 0.3) is 0 Å². The van der Waals surface area contributed by atoms with E-state index >= 15 is 0 Å². The minimum absolute atomic E-state index is 0.139. The van der Waals surface area contributed by atoms with Crippen LogP contribution in [0.15, 0.2) is 23.4 Å². The predicted octanol–water partition coefficient (Wildman–Crippen LogP) is 4.31. The number of halogens is 1. The number of rotatable bonds is 8. The zero-order chi connectivity index (χ0) is 15.0. The first-order valence-electron chi connectivity index (χ1n) is 6.81. The quantitative estimate of drug-likeness (QED) is 0.530. The van der Waals surface area contributed by atoms with Crippen LogP contribution in [0, 0.1) is 0 Å². The lowest BCUT2D eigenvalue weighted by Crippen LogP contribution is -2.10. The Bertz CT molecular complexity index is 449. The predicted molar refractivity (Wildman–Crippen MR) is 82.1 cm³/mol. The molecule has 0 N–H and O–H groups in total. The van der Waals surface area contributed by atoms with Gasteiger partial charge in [-0.15, -0.1) is 0 Å². The monoisotopic (exact) mass is 299 g/mol. The third-order valence-corrected chi connectivity index (χ3v) is 2.90. The average Bonchev–Trinajstić information content (AvgIpc) is 2.45. The fourth-order valence-corrected chi connectivity index (χ4v) is 1.57. The van der Waals surface area contributed by atoms with Crippen molar-refractivity contribution in [2.24, 2.45) is 5.16 Å². The number of nitrogens with zero attached hydrogens (tertiary/aromatic N) is 1. The summed E-state index contributed by atoms with van der Waals surface area (Å²) in [6.07, 6.45) is 1.07. The summed E-state index contributed by atoms with van der Waals surface area (Å²) in [7, 11) is 0. The number of ether oxygens (including phenoxy) is 2. The highest BCUT2D eigenvalue weighted by Crippen LogP contribution is 2.29. The third-order valence-electron chi connectivity index (χ3n) is 2.60. The van der Waals surface area contributed by atoms with Gasteiger partial charge in [-0.25, -0.2) is 0 Å². The molecule has 1 rings (SSSR count). The molecule has 0 aliphatic heterocycles. The van der Waals surface area contributed by atoms with Crippen molar-refractivity contribution in [1.29, 1.82) is 0 Å². The van der Waals surface area contributed by atoms with Crippen molar-refractivity contribution in [3.8, 4) is 11.5 Å². The molecule has 0 aliphatic carbocycles. The molecule has 1 aromatic rings. The molecule has 0 amide bonds. The molecule has 0 spiro atoms. The molecule has 5 heteroatoms. The molecule has 4 nitrogen and oxygen atoms in total. The van der Waals surface area contributed by atoms with Gasteiger partial charge in [-0.05, 0) is 39.3 Å². The molecule has 1 aromatic carbocycles. The normalized spacial score (nSPS) is 12.9. The van der Waals surface area contributed by atoms with Gasteiger partial charge >= 0.3 is 0 Å². The van der Waals surface area contributed by atoms with Crippen LogP contribution in [0.25, 0.3) is 0 Å². The van der Waals surface area contributed by atoms with Gasteiger partial charge in [-0.1, -0.05) is 23.7 Å². The zero-order valence-corrected chi connectivity index (χ0v) is 13.2. The fourth-order valence-electron chi connectivity index (χ4n) is 1.36. The van der Waals surface area contributed by atoms with Gasteiger partial charge < -0.3 is 14.3 Å². The van der Waals surface area contributed by atoms with E-state index in [0.717, 1.165) is 12.1 Å². The highest BCUT2D eigenvalue weighted by molar-refractivity contribution is 6.32. The summed E-state index contributed by atoms with van der Waals surface area (Å²) in [5.74, 6) is 1.35. The lowest BCUT2D eigenvalue weighted by molar-refractivity contribution is 0.156. The Hall–Kier alpha value is -1.42. The Kier molecular flexibility index (Phi) is 7.23. The zero-order valence-electron chi connectivity index (χ0n) is 12.5. The smallest absolute Gasteiger partial charge is 0.138 e. The maximum atomic E-state index is 6.17. The van der Waals surface area contributed by atoms with Crippen LogP contribution < -0.4 is 9.47 Å². The summed E-state index contributed by atoms with van der Waals surface area (Å²) >= 11 is 6.17. The van der Waals surface area contributed by atoms with Crippen molar-refractivity contribution in [2.75, 3.05) is 13.2 Å². The van der Waals surface area contributed by atoms with Crippen LogP contribution in [-0.2, 0) is 4.84 Å². The Morgan fingerprint density at radius 2 is 2.10 bits per heavy atom. The van der Waals surface area contributed by atoms with Gasteiger partial charge in [0.2, 0.25) is 0 Å². The van der Waals surface area contributed by atoms with Crippen LogP contribution in [-0.4, -0.2) is 25.0 Å². The topological polar surface area (TPSA) is 40.0 Å². The molecule has 20 heavy (non-hydrogen) atoms. The van der Waals surface area contributed by atoms with E-state index in [4.69, 9.17) is 25.9 Å². The van der Waals surface area contributed by atoms with Crippen LogP contribution in [0.2, 0.25) is 5.02 Å². The second-order valence-electron chi connectivity index (χ2n) is 4.46. The number of hydrogen-bond acceptors (Lipinski definition) is 4. The van der Waals surface area contributed by atoms with E-state index in [1.165, 1.54) is 0 Å². The second-order valence-corrected chi connectivity index (χ2v) is 4.87. The molecule has 0 saturated carbocycles. The average molecular weight is 300 g/mol. The minimum Gasteiger partial charge on any atom is -0.489 e. The standard InChI is InChI=1S/C15H22ClNO3/c1-5-12(4)20-15-8-7-13(9-14(15)16)18-10-11(3)17-19-6-2/h7-9,12H,5-6,10H2,1-4H3. The Labute approximate surface area is 125 Å². The second kappa shape index (κ2) is 8.69. The molecule has 112 valence electrons. The molecule has 1 unspecified atom stereocenters. The molecule has 1 atom stereocenters. The van der Waals surface area contributed by atoms with E-state index in [0.29, 0.717) is 29.7 Å². The van der Waals surface area contributed by atoms with Crippen molar-refractivity contribution >= 4 is 17.3 Å². The van der Waals surface area contributed by atoms with Crippen molar-refractivity contribution in [1.82, 2.24) is 0 Å². The molecule has 0 heterocycles. The summed E-state index contributed by atoms with van der Waals surface area (Å²) in [6.45, 7) is 8.71. The van der Waals surface area contributed by atoms with Gasteiger partial charge in [0.05, 0.1) is 16.8 Å². The maximum Gasteiger partial charge on any atom is 0.138 e. The molecule has 0 aliphatic rings. The lowest BCUT2D eigenvalue weighted by atomic mass is 10.3. The van der Waals surface area contributed by atoms with E-state index in [2.05, 4.69) is 12.1 Å². The fraction of sp³-hybridized carbons (Fsp3) is 0.533. The lowest BCUT2D eigenvalue weighted by Gasteiger charge is -2.14. The van der Waals surface area contributed by atoms with E-state index in [-0.39, 0.29) is 6.10 Å². The van der Waals surface area contributed by atoms with Crippen molar-refractivity contribution in [3.05, 3.63) is 23.2 Å². The van der Waals surface area contributed by atoms with Crippen molar-refractivity contribution in [2.45, 2.75) is 40.2 Å². The first kappa shape index (κ1) is 16.6. The van der Waals surface area contributed by atoms with E-state index < -0.39 is 0 Å². The van der Waals surface area contributed by atoms with E-state index in [1.54, 1.807) is 6.07 Å². The van der Waals surface area contributed by atoms with Crippen molar-refractivity contribution in [3.63, 3.8) is 0 Å². The summed E-state index contributed by atoms with van der Waals surface area (Å²) < 4.78 is 11.3. The number of benzene rings is 1. The van der Waals surface area contributed by atoms with E-state index in [9.17, 15) is 0 Å². The van der Waals surface area contributed by atoms with E-state index in [1.807, 2.05) is 32.9 Å². The van der Waals surface area contributed by atoms with Crippen LogP contribution >= 0.6 is 11.6 Å².